The molecule has 0 fully saturated rings. The van der Waals surface area contributed by atoms with E-state index < -0.39 is 36.3 Å². The molecule has 8 heteroatoms. The first-order chi connectivity index (χ1) is 18.1. The molecule has 0 aliphatic heterocycles. The van der Waals surface area contributed by atoms with Crippen molar-refractivity contribution in [2.75, 3.05) is 26.2 Å². The molecule has 0 saturated carbocycles. The second-order valence-corrected chi connectivity index (χ2v) is 9.30. The fraction of sp³-hybridized carbons (Fsp3) is 0.400. The molecule has 0 bridgehead atoms. The Morgan fingerprint density at radius 3 is 1.50 bits per heavy atom. The molecule has 4 nitrogen and oxygen atoms in total. The van der Waals surface area contributed by atoms with Gasteiger partial charge in [-0.05, 0) is 87.2 Å². The van der Waals surface area contributed by atoms with Gasteiger partial charge >= 0.3 is 7.32 Å². The SMILES string of the molecule is CCC(c1cccc(F)c1)C(OB([O-])O)(c1cccc(F)c1)c1cccc(F)c1.CC[N+](CC)(CC)CC. The first-order valence-corrected chi connectivity index (χ1v) is 13.3. The van der Waals surface area contributed by atoms with Crippen molar-refractivity contribution in [1.82, 2.24) is 0 Å². The zero-order valence-corrected chi connectivity index (χ0v) is 23.0. The Morgan fingerprint density at radius 2 is 1.18 bits per heavy atom. The molecule has 3 aromatic rings. The normalized spacial score (nSPS) is 12.5. The molecule has 3 aromatic carbocycles. The van der Waals surface area contributed by atoms with Gasteiger partial charge in [0.25, 0.3) is 0 Å². The number of quaternary nitrogens is 1. The average molecular weight is 529 g/mol. The highest BCUT2D eigenvalue weighted by atomic mass is 19.1. The summed E-state index contributed by atoms with van der Waals surface area (Å²) in [7, 11) is -2.50. The molecule has 0 aliphatic carbocycles. The molecule has 38 heavy (non-hydrogen) atoms. The van der Waals surface area contributed by atoms with E-state index in [2.05, 4.69) is 27.7 Å². The van der Waals surface area contributed by atoms with Crippen LogP contribution in [0, 0.1) is 17.5 Å². The van der Waals surface area contributed by atoms with Crippen LogP contribution >= 0.6 is 0 Å². The maximum absolute atomic E-state index is 14.1. The first kappa shape index (κ1) is 31.6. The fourth-order valence-corrected chi connectivity index (χ4v) is 5.21. The van der Waals surface area contributed by atoms with Crippen molar-refractivity contribution in [2.24, 2.45) is 0 Å². The molecule has 0 radical (unpaired) electrons. The summed E-state index contributed by atoms with van der Waals surface area (Å²) >= 11 is 0. The molecule has 1 atom stereocenters. The average Bonchev–Trinajstić information content (AvgIpc) is 2.90. The van der Waals surface area contributed by atoms with Gasteiger partial charge < -0.3 is 19.2 Å². The molecule has 206 valence electrons. The summed E-state index contributed by atoms with van der Waals surface area (Å²) in [6, 6.07) is 16.4. The second-order valence-electron chi connectivity index (χ2n) is 9.30. The van der Waals surface area contributed by atoms with Crippen LogP contribution < -0.4 is 5.02 Å². The minimum Gasteiger partial charge on any atom is -0.832 e. The molecule has 0 heterocycles. The Morgan fingerprint density at radius 1 is 0.763 bits per heavy atom. The first-order valence-electron chi connectivity index (χ1n) is 13.3. The van der Waals surface area contributed by atoms with E-state index in [0.29, 0.717) is 12.0 Å². The topological polar surface area (TPSA) is 52.5 Å². The van der Waals surface area contributed by atoms with Gasteiger partial charge in [0.05, 0.1) is 26.2 Å². The highest BCUT2D eigenvalue weighted by Crippen LogP contribution is 2.48. The Hall–Kier alpha value is -2.65. The lowest BCUT2D eigenvalue weighted by Gasteiger charge is -2.44. The number of benzene rings is 3. The van der Waals surface area contributed by atoms with Crippen LogP contribution in [0.4, 0.5) is 13.2 Å². The van der Waals surface area contributed by atoms with Crippen molar-refractivity contribution >= 4 is 7.32 Å². The predicted octanol–water partition coefficient (Wildman–Crippen LogP) is 5.78. The van der Waals surface area contributed by atoms with Crippen molar-refractivity contribution in [3.63, 3.8) is 0 Å². The van der Waals surface area contributed by atoms with Crippen molar-refractivity contribution in [3.8, 4) is 0 Å². The quantitative estimate of drug-likeness (QED) is 0.253. The number of rotatable bonds is 11. The second kappa shape index (κ2) is 14.5. The van der Waals surface area contributed by atoms with Crippen molar-refractivity contribution < 1.29 is 32.4 Å². The Kier molecular flexibility index (Phi) is 12.0. The Bertz CT molecular complexity index is 1080. The standard InChI is InChI=1S/C22H19BF3O3.C8H20N/c1-2-21(15-6-3-9-18(24)12-15)22(29-23(27)28,16-7-4-10-19(25)13-16)17-8-5-11-20(26)14-17;1-5-9(6-2,7-3)8-4/h3-14,21,27H,2H2,1H3;5-8H2,1-4H3/q-1;+1. The van der Waals surface area contributed by atoms with Crippen molar-refractivity contribution in [3.05, 3.63) is 107 Å². The zero-order chi connectivity index (χ0) is 28.3. The number of halogens is 3. The zero-order valence-electron chi connectivity index (χ0n) is 23.0. The minimum absolute atomic E-state index is 0.203. The number of hydrogen-bond donors (Lipinski definition) is 1. The predicted molar refractivity (Wildman–Crippen MR) is 144 cm³/mol. The van der Waals surface area contributed by atoms with E-state index in [1.54, 1.807) is 13.0 Å². The summed E-state index contributed by atoms with van der Waals surface area (Å²) in [5, 5.41) is 21.5. The van der Waals surface area contributed by atoms with Gasteiger partial charge in [-0.15, -0.1) is 0 Å². The molecule has 0 aliphatic rings. The van der Waals surface area contributed by atoms with Gasteiger partial charge in [0.15, 0.2) is 0 Å². The lowest BCUT2D eigenvalue weighted by atomic mass is 9.70. The summed E-state index contributed by atoms with van der Waals surface area (Å²) < 4.78 is 49.0. The van der Waals surface area contributed by atoms with Crippen molar-refractivity contribution in [1.29, 1.82) is 0 Å². The van der Waals surface area contributed by atoms with Gasteiger partial charge in [-0.2, -0.15) is 0 Å². The van der Waals surface area contributed by atoms with Crippen LogP contribution in [-0.4, -0.2) is 43.0 Å². The molecule has 0 amide bonds. The highest BCUT2D eigenvalue weighted by molar-refractivity contribution is 6.30. The van der Waals surface area contributed by atoms with E-state index in [-0.39, 0.29) is 11.1 Å². The molecule has 0 saturated heterocycles. The van der Waals surface area contributed by atoms with Crippen molar-refractivity contribution in [2.45, 2.75) is 52.6 Å². The van der Waals surface area contributed by atoms with Gasteiger partial charge in [-0.1, -0.05) is 43.3 Å². The van der Waals surface area contributed by atoms with E-state index in [1.807, 2.05) is 0 Å². The molecule has 0 aromatic heterocycles. The Balaban J connectivity index is 0.000000484. The molecule has 1 unspecified atom stereocenters. The van der Waals surface area contributed by atoms with Crippen LogP contribution in [0.5, 0.6) is 0 Å². The lowest BCUT2D eigenvalue weighted by Crippen LogP contribution is -2.48. The summed E-state index contributed by atoms with van der Waals surface area (Å²) in [6.45, 7) is 16.0. The van der Waals surface area contributed by atoms with Crippen LogP contribution in [0.25, 0.3) is 0 Å². The molecule has 1 N–H and O–H groups in total. The Labute approximate surface area is 225 Å². The van der Waals surface area contributed by atoms with E-state index in [4.69, 9.17) is 4.65 Å². The lowest BCUT2D eigenvalue weighted by molar-refractivity contribution is -0.921. The molecular formula is C30H39BF3NO3. The van der Waals surface area contributed by atoms with Gasteiger partial charge in [0, 0.05) is 5.92 Å². The minimum atomic E-state index is -2.50. The molecule has 3 rings (SSSR count). The van der Waals surface area contributed by atoms with Crippen LogP contribution in [0.1, 0.15) is 63.6 Å². The van der Waals surface area contributed by atoms with Gasteiger partial charge in [0.2, 0.25) is 0 Å². The monoisotopic (exact) mass is 529 g/mol. The smallest absolute Gasteiger partial charge is 0.343 e. The van der Waals surface area contributed by atoms with Crippen LogP contribution in [-0.2, 0) is 10.3 Å². The van der Waals surface area contributed by atoms with Gasteiger partial charge in [-0.25, -0.2) is 13.2 Å². The van der Waals surface area contributed by atoms with Gasteiger partial charge in [-0.3, -0.25) is 0 Å². The van der Waals surface area contributed by atoms with Gasteiger partial charge in [0.1, 0.15) is 23.1 Å². The van der Waals surface area contributed by atoms with Crippen LogP contribution in [0.2, 0.25) is 0 Å². The summed E-state index contributed by atoms with van der Waals surface area (Å²) in [5.74, 6) is -2.43. The van der Waals surface area contributed by atoms with Crippen LogP contribution in [0.15, 0.2) is 72.8 Å². The third kappa shape index (κ3) is 7.47. The van der Waals surface area contributed by atoms with Crippen LogP contribution in [0.3, 0.4) is 0 Å². The number of hydrogen-bond acceptors (Lipinski definition) is 3. The summed E-state index contributed by atoms with van der Waals surface area (Å²) in [4.78, 5) is 0. The third-order valence-corrected chi connectivity index (χ3v) is 7.63. The van der Waals surface area contributed by atoms with E-state index in [0.717, 1.165) is 12.1 Å². The largest absolute Gasteiger partial charge is 0.832 e. The third-order valence-electron chi connectivity index (χ3n) is 7.63. The van der Waals surface area contributed by atoms with E-state index in [1.165, 1.54) is 85.3 Å². The van der Waals surface area contributed by atoms with E-state index in [9.17, 15) is 23.2 Å². The highest BCUT2D eigenvalue weighted by Gasteiger charge is 2.44. The summed E-state index contributed by atoms with van der Waals surface area (Å²) in [6.07, 6.45) is 0.323. The number of nitrogens with zero attached hydrogens (tertiary/aromatic N) is 1. The molecule has 0 spiro atoms. The fourth-order valence-electron chi connectivity index (χ4n) is 5.21. The van der Waals surface area contributed by atoms with E-state index >= 15 is 0 Å². The molecular weight excluding hydrogens is 490 g/mol. The summed E-state index contributed by atoms with van der Waals surface area (Å²) in [5.41, 5.74) is -0.890. The maximum Gasteiger partial charge on any atom is 0.343 e. The maximum atomic E-state index is 14.1.